The Kier molecular flexibility index (Phi) is 3.19. The van der Waals surface area contributed by atoms with Crippen LogP contribution in [0.5, 0.6) is 0 Å². The van der Waals surface area contributed by atoms with Gasteiger partial charge in [0.1, 0.15) is 0 Å². The number of carbonyl (C=O) groups is 1. The van der Waals surface area contributed by atoms with Crippen LogP contribution in [0.1, 0.15) is 10.4 Å². The summed E-state index contributed by atoms with van der Waals surface area (Å²) in [5.74, 6) is -0.142. The molecule has 19 heavy (non-hydrogen) atoms. The van der Waals surface area contributed by atoms with Crippen LogP contribution in [0.3, 0.4) is 0 Å². The van der Waals surface area contributed by atoms with Crippen molar-refractivity contribution in [1.82, 2.24) is 4.98 Å². The number of nitrogens with zero attached hydrogens (tertiary/aromatic N) is 1. The van der Waals surface area contributed by atoms with Crippen molar-refractivity contribution in [3.05, 3.63) is 58.6 Å². The molecule has 5 heteroatoms. The average Bonchev–Trinajstić information content (AvgIpc) is 2.89. The number of carbonyl (C=O) groups excluding carboxylic acids is 1. The molecule has 0 aliphatic heterocycles. The molecule has 0 radical (unpaired) electrons. The van der Waals surface area contributed by atoms with Crippen LogP contribution in [0.25, 0.3) is 10.2 Å². The zero-order valence-corrected chi connectivity index (χ0v) is 11.3. The summed E-state index contributed by atoms with van der Waals surface area (Å²) in [6.07, 6.45) is 0. The first-order valence-corrected chi connectivity index (χ1v) is 6.89. The largest absolute Gasteiger partial charge is 0.322 e. The molecule has 0 aliphatic carbocycles. The summed E-state index contributed by atoms with van der Waals surface area (Å²) in [5, 5.41) is 3.49. The number of benzene rings is 2. The lowest BCUT2D eigenvalue weighted by molar-refractivity contribution is 0.102. The number of halogens is 1. The third-order valence-electron chi connectivity index (χ3n) is 2.70. The van der Waals surface area contributed by atoms with Gasteiger partial charge in [-0.25, -0.2) is 4.98 Å². The van der Waals surface area contributed by atoms with E-state index >= 15 is 0 Å². The molecule has 0 aliphatic rings. The van der Waals surface area contributed by atoms with E-state index < -0.39 is 0 Å². The molecule has 0 spiro atoms. The number of amides is 1. The maximum atomic E-state index is 12.2. The summed E-state index contributed by atoms with van der Waals surface area (Å²) >= 11 is 7.27. The fourth-order valence-electron chi connectivity index (χ4n) is 1.80. The van der Waals surface area contributed by atoms with Gasteiger partial charge in [0, 0.05) is 10.7 Å². The summed E-state index contributed by atoms with van der Waals surface area (Å²) in [6, 6.07) is 12.5. The third kappa shape index (κ3) is 2.45. The smallest absolute Gasteiger partial charge is 0.257 e. The van der Waals surface area contributed by atoms with E-state index in [1.807, 2.05) is 12.1 Å². The van der Waals surface area contributed by atoms with E-state index in [4.69, 9.17) is 11.6 Å². The molecule has 1 heterocycles. The van der Waals surface area contributed by atoms with E-state index in [1.165, 1.54) is 11.3 Å². The minimum Gasteiger partial charge on any atom is -0.322 e. The van der Waals surface area contributed by atoms with Gasteiger partial charge in [0.25, 0.3) is 5.91 Å². The van der Waals surface area contributed by atoms with Crippen molar-refractivity contribution in [2.75, 3.05) is 5.32 Å². The molecule has 94 valence electrons. The summed E-state index contributed by atoms with van der Waals surface area (Å²) in [7, 11) is 0. The number of nitrogens with one attached hydrogen (secondary N) is 1. The second kappa shape index (κ2) is 4.99. The second-order valence-corrected chi connectivity index (χ2v) is 5.26. The predicted molar refractivity (Wildman–Crippen MR) is 79.0 cm³/mol. The topological polar surface area (TPSA) is 42.0 Å². The fraction of sp³-hybridized carbons (Fsp3) is 0. The van der Waals surface area contributed by atoms with Crippen molar-refractivity contribution >= 4 is 44.7 Å². The van der Waals surface area contributed by atoms with Crippen LogP contribution in [0.2, 0.25) is 5.02 Å². The van der Waals surface area contributed by atoms with Gasteiger partial charge in [0.2, 0.25) is 0 Å². The van der Waals surface area contributed by atoms with Gasteiger partial charge in [-0.3, -0.25) is 4.79 Å². The van der Waals surface area contributed by atoms with Crippen LogP contribution in [0.15, 0.2) is 48.0 Å². The van der Waals surface area contributed by atoms with Gasteiger partial charge in [0.05, 0.1) is 21.3 Å². The number of thiazole rings is 1. The highest BCUT2D eigenvalue weighted by molar-refractivity contribution is 7.17. The highest BCUT2D eigenvalue weighted by atomic mass is 35.5. The van der Waals surface area contributed by atoms with Crippen molar-refractivity contribution in [2.24, 2.45) is 0 Å². The molecule has 3 nitrogen and oxygen atoms in total. The first kappa shape index (κ1) is 12.1. The van der Waals surface area contributed by atoms with Crippen LogP contribution < -0.4 is 5.32 Å². The second-order valence-electron chi connectivity index (χ2n) is 3.97. The van der Waals surface area contributed by atoms with E-state index in [0.717, 1.165) is 15.9 Å². The zero-order valence-electron chi connectivity index (χ0n) is 9.76. The molecule has 2 aromatic carbocycles. The Labute approximate surface area is 118 Å². The SMILES string of the molecule is O=C(Nc1ccc(Cl)cc1)c1cccc2ncsc12. The molecule has 0 unspecified atom stereocenters. The van der Waals surface area contributed by atoms with Crippen LogP contribution in [-0.4, -0.2) is 10.9 Å². The average molecular weight is 289 g/mol. The Morgan fingerprint density at radius 3 is 2.74 bits per heavy atom. The van der Waals surface area contributed by atoms with E-state index in [0.29, 0.717) is 10.6 Å². The highest BCUT2D eigenvalue weighted by Crippen LogP contribution is 2.23. The zero-order chi connectivity index (χ0) is 13.2. The maximum absolute atomic E-state index is 12.2. The van der Waals surface area contributed by atoms with Crippen molar-refractivity contribution in [2.45, 2.75) is 0 Å². The molecule has 3 aromatic rings. The van der Waals surface area contributed by atoms with Gasteiger partial charge in [-0.1, -0.05) is 17.7 Å². The molecule has 0 saturated heterocycles. The first-order chi connectivity index (χ1) is 9.24. The van der Waals surface area contributed by atoms with Crippen LogP contribution in [0, 0.1) is 0 Å². The quantitative estimate of drug-likeness (QED) is 0.768. The summed E-state index contributed by atoms with van der Waals surface area (Å²) in [5.41, 5.74) is 3.93. The van der Waals surface area contributed by atoms with E-state index in [1.54, 1.807) is 35.8 Å². The molecule has 3 rings (SSSR count). The lowest BCUT2D eigenvalue weighted by Gasteiger charge is -2.05. The molecule has 1 N–H and O–H groups in total. The first-order valence-electron chi connectivity index (χ1n) is 5.63. The third-order valence-corrected chi connectivity index (χ3v) is 3.83. The standard InChI is InChI=1S/C14H9ClN2OS/c15-9-4-6-10(7-5-9)17-14(18)11-2-1-3-12-13(11)19-8-16-12/h1-8H,(H,17,18). The molecular formula is C14H9ClN2OS. The van der Waals surface area contributed by atoms with E-state index in [9.17, 15) is 4.79 Å². The Morgan fingerprint density at radius 1 is 1.16 bits per heavy atom. The van der Waals surface area contributed by atoms with Gasteiger partial charge in [-0.15, -0.1) is 11.3 Å². The van der Waals surface area contributed by atoms with Crippen LogP contribution in [0.4, 0.5) is 5.69 Å². The van der Waals surface area contributed by atoms with Crippen LogP contribution in [-0.2, 0) is 0 Å². The number of aromatic nitrogens is 1. The number of fused-ring (bicyclic) bond motifs is 1. The van der Waals surface area contributed by atoms with Gasteiger partial charge >= 0.3 is 0 Å². The van der Waals surface area contributed by atoms with Gasteiger partial charge in [0.15, 0.2) is 0 Å². The molecule has 0 atom stereocenters. The van der Waals surface area contributed by atoms with Crippen LogP contribution >= 0.6 is 22.9 Å². The monoisotopic (exact) mass is 288 g/mol. The number of rotatable bonds is 2. The molecule has 1 amide bonds. The van der Waals surface area contributed by atoms with Gasteiger partial charge in [-0.05, 0) is 36.4 Å². The molecular weight excluding hydrogens is 280 g/mol. The summed E-state index contributed by atoms with van der Waals surface area (Å²) in [4.78, 5) is 16.4. The van der Waals surface area contributed by atoms with Crippen molar-refractivity contribution < 1.29 is 4.79 Å². The Hall–Kier alpha value is -1.91. The Morgan fingerprint density at radius 2 is 1.95 bits per heavy atom. The number of anilines is 1. The number of hydrogen-bond acceptors (Lipinski definition) is 3. The van der Waals surface area contributed by atoms with Gasteiger partial charge in [-0.2, -0.15) is 0 Å². The van der Waals surface area contributed by atoms with E-state index in [2.05, 4.69) is 10.3 Å². The van der Waals surface area contributed by atoms with Crippen molar-refractivity contribution in [3.63, 3.8) is 0 Å². The number of hydrogen-bond donors (Lipinski definition) is 1. The normalized spacial score (nSPS) is 10.6. The lowest BCUT2D eigenvalue weighted by atomic mass is 10.2. The van der Waals surface area contributed by atoms with Crippen molar-refractivity contribution in [3.8, 4) is 0 Å². The lowest BCUT2D eigenvalue weighted by Crippen LogP contribution is -2.11. The fourth-order valence-corrected chi connectivity index (χ4v) is 2.72. The molecule has 0 bridgehead atoms. The van der Waals surface area contributed by atoms with Gasteiger partial charge < -0.3 is 5.32 Å². The van der Waals surface area contributed by atoms with E-state index in [-0.39, 0.29) is 5.91 Å². The van der Waals surface area contributed by atoms with Crippen molar-refractivity contribution in [1.29, 1.82) is 0 Å². The Bertz CT molecular complexity index is 737. The Balaban J connectivity index is 1.92. The highest BCUT2D eigenvalue weighted by Gasteiger charge is 2.11. The molecule has 0 fully saturated rings. The molecule has 0 saturated carbocycles. The minimum atomic E-state index is -0.142. The minimum absolute atomic E-state index is 0.142. The predicted octanol–water partition coefficient (Wildman–Crippen LogP) is 4.20. The molecule has 1 aromatic heterocycles. The maximum Gasteiger partial charge on any atom is 0.257 e. The summed E-state index contributed by atoms with van der Waals surface area (Å²) < 4.78 is 0.897. The summed E-state index contributed by atoms with van der Waals surface area (Å²) in [6.45, 7) is 0.